The van der Waals surface area contributed by atoms with Gasteiger partial charge in [-0.25, -0.2) is 14.5 Å². The first kappa shape index (κ1) is 26.0. The van der Waals surface area contributed by atoms with Crippen LogP contribution in [0.5, 0.6) is 0 Å². The molecular formula is C30H23BrN4O4. The first-order valence-electron chi connectivity index (χ1n) is 12.1. The molecule has 2 heterocycles. The average Bonchev–Trinajstić information content (AvgIpc) is 3.27. The maximum Gasteiger partial charge on any atom is 0.339 e. The summed E-state index contributed by atoms with van der Waals surface area (Å²) in [4.78, 5) is 45.2. The van der Waals surface area contributed by atoms with Gasteiger partial charge in [-0.2, -0.15) is 5.10 Å². The quantitative estimate of drug-likeness (QED) is 0.147. The van der Waals surface area contributed by atoms with Crippen molar-refractivity contribution in [1.82, 2.24) is 14.8 Å². The highest BCUT2D eigenvalue weighted by atomic mass is 79.9. The van der Waals surface area contributed by atoms with E-state index in [2.05, 4.69) is 26.3 Å². The van der Waals surface area contributed by atoms with E-state index in [-0.39, 0.29) is 16.8 Å². The van der Waals surface area contributed by atoms with Crippen molar-refractivity contribution in [2.75, 3.05) is 12.4 Å². The highest BCUT2D eigenvalue weighted by Gasteiger charge is 2.33. The fourth-order valence-corrected chi connectivity index (χ4v) is 4.68. The van der Waals surface area contributed by atoms with Crippen LogP contribution in [0.25, 0.3) is 22.3 Å². The number of benzene rings is 3. The number of nitrogens with one attached hydrogen (secondary N) is 1. The van der Waals surface area contributed by atoms with Crippen molar-refractivity contribution in [1.29, 1.82) is 0 Å². The van der Waals surface area contributed by atoms with Gasteiger partial charge in [0.1, 0.15) is 0 Å². The first-order valence-corrected chi connectivity index (χ1v) is 12.9. The van der Waals surface area contributed by atoms with Crippen LogP contribution in [0.3, 0.4) is 0 Å². The normalized spacial score (nSPS) is 10.8. The Morgan fingerprint density at radius 3 is 2.18 bits per heavy atom. The standard InChI is InChI=1S/C30H23BrN4O4/c1-18-23-24(30(38)39-2)25(27(36)29(37)32-22-15-13-21(31)14-16-22)26(20-11-7-4-8-12-20)33-28(23)35(34-18)17-19-9-5-3-6-10-19/h3-16H,17H2,1-2H3,(H,32,37). The third kappa shape index (κ3) is 5.21. The van der Waals surface area contributed by atoms with Crippen molar-refractivity contribution in [3.05, 3.63) is 112 Å². The summed E-state index contributed by atoms with van der Waals surface area (Å²) in [7, 11) is 1.23. The van der Waals surface area contributed by atoms with Crippen LogP contribution in [0, 0.1) is 6.92 Å². The Bertz CT molecular complexity index is 1700. The number of aromatic nitrogens is 3. The summed E-state index contributed by atoms with van der Waals surface area (Å²) in [5.41, 5.74) is 2.86. The molecule has 39 heavy (non-hydrogen) atoms. The molecule has 0 atom stereocenters. The molecule has 0 radical (unpaired) electrons. The lowest BCUT2D eigenvalue weighted by atomic mass is 9.94. The molecule has 0 aliphatic heterocycles. The number of pyridine rings is 1. The molecule has 0 saturated heterocycles. The monoisotopic (exact) mass is 582 g/mol. The number of hydrogen-bond acceptors (Lipinski definition) is 6. The average molecular weight is 583 g/mol. The minimum Gasteiger partial charge on any atom is -0.465 e. The molecule has 8 nitrogen and oxygen atoms in total. The third-order valence-electron chi connectivity index (χ3n) is 6.20. The van der Waals surface area contributed by atoms with Crippen molar-refractivity contribution in [3.63, 3.8) is 0 Å². The zero-order valence-electron chi connectivity index (χ0n) is 21.1. The van der Waals surface area contributed by atoms with Gasteiger partial charge in [0.2, 0.25) is 0 Å². The molecule has 0 aliphatic carbocycles. The summed E-state index contributed by atoms with van der Waals surface area (Å²) in [5.74, 6) is -2.58. The molecule has 9 heteroatoms. The van der Waals surface area contributed by atoms with Gasteiger partial charge >= 0.3 is 5.97 Å². The Kier molecular flexibility index (Phi) is 7.33. The number of amides is 1. The molecule has 194 valence electrons. The van der Waals surface area contributed by atoms with Gasteiger partial charge in [0.15, 0.2) is 5.65 Å². The van der Waals surface area contributed by atoms with Gasteiger partial charge in [0, 0.05) is 15.7 Å². The maximum atomic E-state index is 13.8. The van der Waals surface area contributed by atoms with E-state index >= 15 is 0 Å². The number of methoxy groups -OCH3 is 1. The number of hydrogen-bond donors (Lipinski definition) is 1. The lowest BCUT2D eigenvalue weighted by Gasteiger charge is -2.15. The van der Waals surface area contributed by atoms with Gasteiger partial charge in [-0.1, -0.05) is 76.6 Å². The van der Waals surface area contributed by atoms with E-state index in [0.29, 0.717) is 34.5 Å². The summed E-state index contributed by atoms with van der Waals surface area (Å²) in [5, 5.41) is 7.63. The second-order valence-electron chi connectivity index (χ2n) is 8.79. The smallest absolute Gasteiger partial charge is 0.339 e. The number of esters is 1. The minimum absolute atomic E-state index is 0.0471. The molecule has 2 aromatic heterocycles. The molecule has 5 aromatic rings. The Morgan fingerprint density at radius 1 is 0.897 bits per heavy atom. The van der Waals surface area contributed by atoms with Gasteiger partial charge in [0.05, 0.1) is 41.6 Å². The zero-order chi connectivity index (χ0) is 27.5. The van der Waals surface area contributed by atoms with Crippen LogP contribution in [-0.4, -0.2) is 39.5 Å². The summed E-state index contributed by atoms with van der Waals surface area (Å²) in [6.45, 7) is 2.13. The Balaban J connectivity index is 1.74. The lowest BCUT2D eigenvalue weighted by molar-refractivity contribution is -0.112. The van der Waals surface area contributed by atoms with Crippen LogP contribution in [0.1, 0.15) is 32.0 Å². The highest BCUT2D eigenvalue weighted by Crippen LogP contribution is 2.33. The largest absolute Gasteiger partial charge is 0.465 e. The Labute approximate surface area is 232 Å². The van der Waals surface area contributed by atoms with Gasteiger partial charge in [-0.15, -0.1) is 0 Å². The van der Waals surface area contributed by atoms with Gasteiger partial charge in [-0.3, -0.25) is 9.59 Å². The fourth-order valence-electron chi connectivity index (χ4n) is 4.41. The van der Waals surface area contributed by atoms with Crippen LogP contribution in [0.15, 0.2) is 89.4 Å². The minimum atomic E-state index is -0.915. The van der Waals surface area contributed by atoms with E-state index in [1.54, 1.807) is 60.1 Å². The zero-order valence-corrected chi connectivity index (χ0v) is 22.7. The number of carbonyl (C=O) groups is 3. The molecule has 0 aliphatic rings. The van der Waals surface area contributed by atoms with E-state index in [4.69, 9.17) is 9.72 Å². The Morgan fingerprint density at radius 2 is 1.54 bits per heavy atom. The molecular weight excluding hydrogens is 560 g/mol. The summed E-state index contributed by atoms with van der Waals surface area (Å²) >= 11 is 3.35. The second-order valence-corrected chi connectivity index (χ2v) is 9.70. The van der Waals surface area contributed by atoms with Crippen LogP contribution in [0.2, 0.25) is 0 Å². The summed E-state index contributed by atoms with van der Waals surface area (Å²) < 4.78 is 7.64. The number of halogens is 1. The molecule has 5 rings (SSSR count). The fraction of sp³-hybridized carbons (Fsp3) is 0.100. The van der Waals surface area contributed by atoms with E-state index in [9.17, 15) is 14.4 Å². The molecule has 0 unspecified atom stereocenters. The number of aryl methyl sites for hydroxylation is 1. The summed E-state index contributed by atoms with van der Waals surface area (Å²) in [6.07, 6.45) is 0. The van der Waals surface area contributed by atoms with Crippen LogP contribution < -0.4 is 5.32 Å². The predicted octanol–water partition coefficient (Wildman–Crippen LogP) is 5.83. The first-order chi connectivity index (χ1) is 18.9. The number of fused-ring (bicyclic) bond motifs is 1. The molecule has 3 aromatic carbocycles. The second kappa shape index (κ2) is 11.0. The van der Waals surface area contributed by atoms with Crippen molar-refractivity contribution in [2.45, 2.75) is 13.5 Å². The SMILES string of the molecule is COC(=O)c1c(C(=O)C(=O)Nc2ccc(Br)cc2)c(-c2ccccc2)nc2c1c(C)nn2Cc1ccccc1. The maximum absolute atomic E-state index is 13.8. The third-order valence-corrected chi connectivity index (χ3v) is 6.73. The lowest BCUT2D eigenvalue weighted by Crippen LogP contribution is -2.26. The molecule has 1 amide bonds. The van der Waals surface area contributed by atoms with Crippen molar-refractivity contribution in [2.24, 2.45) is 0 Å². The number of Topliss-reactive ketones (excluding diaryl/α,β-unsaturated/α-hetero) is 1. The van der Waals surface area contributed by atoms with Crippen LogP contribution in [0.4, 0.5) is 5.69 Å². The van der Waals surface area contributed by atoms with Gasteiger partial charge in [0.25, 0.3) is 11.7 Å². The molecule has 0 fully saturated rings. The Hall–Kier alpha value is -4.63. The van der Waals surface area contributed by atoms with Gasteiger partial charge in [-0.05, 0) is 36.8 Å². The van der Waals surface area contributed by atoms with Crippen molar-refractivity contribution >= 4 is 50.3 Å². The topological polar surface area (TPSA) is 103 Å². The number of nitrogens with zero attached hydrogens (tertiary/aromatic N) is 3. The molecule has 1 N–H and O–H groups in total. The van der Waals surface area contributed by atoms with E-state index in [1.807, 2.05) is 36.4 Å². The molecule has 0 spiro atoms. The number of rotatable bonds is 7. The number of ketones is 1. The van der Waals surface area contributed by atoms with Crippen LogP contribution >= 0.6 is 15.9 Å². The number of carbonyl (C=O) groups excluding carboxylic acids is 3. The van der Waals surface area contributed by atoms with E-state index in [1.165, 1.54) is 7.11 Å². The predicted molar refractivity (Wildman–Crippen MR) is 152 cm³/mol. The van der Waals surface area contributed by atoms with Crippen LogP contribution in [-0.2, 0) is 16.1 Å². The molecule has 0 bridgehead atoms. The van der Waals surface area contributed by atoms with Crippen molar-refractivity contribution < 1.29 is 19.1 Å². The van der Waals surface area contributed by atoms with E-state index < -0.39 is 17.7 Å². The highest BCUT2D eigenvalue weighted by molar-refractivity contribution is 9.10. The van der Waals surface area contributed by atoms with Crippen molar-refractivity contribution in [3.8, 4) is 11.3 Å². The van der Waals surface area contributed by atoms with Gasteiger partial charge < -0.3 is 10.1 Å². The van der Waals surface area contributed by atoms with E-state index in [0.717, 1.165) is 10.0 Å². The summed E-state index contributed by atoms with van der Waals surface area (Å²) in [6, 6.07) is 25.5. The molecule has 0 saturated carbocycles. The number of ether oxygens (including phenoxy) is 1. The number of anilines is 1.